The smallest absolute Gasteiger partial charge is 0.339 e. The predicted molar refractivity (Wildman–Crippen MR) is 75.1 cm³/mol. The third-order valence-electron chi connectivity index (χ3n) is 3.25. The quantitative estimate of drug-likeness (QED) is 0.815. The molecule has 0 aliphatic rings. The number of carboxylic acid groups (broad SMARTS) is 1. The van der Waals surface area contributed by atoms with Gasteiger partial charge < -0.3 is 15.1 Å². The van der Waals surface area contributed by atoms with Crippen LogP contribution in [0.25, 0.3) is 11.0 Å². The van der Waals surface area contributed by atoms with Crippen molar-refractivity contribution in [2.45, 2.75) is 13.3 Å². The largest absolute Gasteiger partial charge is 0.478 e. The molecule has 108 valence electrons. The molecule has 7 heteroatoms. The van der Waals surface area contributed by atoms with Crippen molar-refractivity contribution >= 4 is 22.7 Å². The molecule has 2 aromatic rings. The van der Waals surface area contributed by atoms with Crippen LogP contribution in [0.2, 0.25) is 0 Å². The molecule has 0 saturated carbocycles. The van der Waals surface area contributed by atoms with Gasteiger partial charge in [-0.15, -0.1) is 0 Å². The van der Waals surface area contributed by atoms with Gasteiger partial charge in [-0.25, -0.2) is 9.78 Å². The van der Waals surface area contributed by atoms with Crippen LogP contribution < -0.4 is 4.90 Å². The minimum Gasteiger partial charge on any atom is -0.478 e. The van der Waals surface area contributed by atoms with Crippen LogP contribution in [0.15, 0.2) is 12.4 Å². The van der Waals surface area contributed by atoms with E-state index in [1.54, 1.807) is 17.9 Å². The minimum absolute atomic E-state index is 0.0696. The molecule has 2 heterocycles. The first-order valence-electron chi connectivity index (χ1n) is 6.50. The van der Waals surface area contributed by atoms with Crippen LogP contribution in [0.1, 0.15) is 23.7 Å². The Morgan fingerprint density at radius 2 is 2.20 bits per heavy atom. The van der Waals surface area contributed by atoms with Crippen molar-refractivity contribution in [2.75, 3.05) is 24.6 Å². The Kier molecular flexibility index (Phi) is 4.19. The van der Waals surface area contributed by atoms with Gasteiger partial charge in [-0.1, -0.05) is 0 Å². The lowest BCUT2D eigenvalue weighted by atomic mass is 10.1. The second-order valence-corrected chi connectivity index (χ2v) is 4.49. The topological polar surface area (TPSA) is 91.5 Å². The second kappa shape index (κ2) is 5.87. The van der Waals surface area contributed by atoms with E-state index < -0.39 is 5.97 Å². The number of aliphatic hydroxyl groups is 1. The van der Waals surface area contributed by atoms with Crippen molar-refractivity contribution in [1.29, 1.82) is 0 Å². The molecule has 0 atom stereocenters. The fourth-order valence-corrected chi connectivity index (χ4v) is 2.27. The van der Waals surface area contributed by atoms with E-state index in [1.165, 1.54) is 6.20 Å². The molecule has 0 unspecified atom stereocenters. The Hall–Kier alpha value is -2.15. The molecule has 0 aromatic carbocycles. The van der Waals surface area contributed by atoms with E-state index in [0.717, 1.165) is 0 Å². The average Bonchev–Trinajstić information content (AvgIpc) is 2.81. The zero-order chi connectivity index (χ0) is 14.7. The maximum atomic E-state index is 11.4. The SMILES string of the molecule is CCN(CCCO)c1c(C(=O)O)cnc2c1cnn2C. The standard InChI is InChI=1S/C13H18N4O3/c1-3-17(5-4-6-18)11-9-8-15-16(2)12(9)14-7-10(11)13(19)20/h7-8,18H,3-6H2,1-2H3,(H,19,20). The number of carboxylic acids is 1. The highest BCUT2D eigenvalue weighted by Crippen LogP contribution is 2.29. The highest BCUT2D eigenvalue weighted by Gasteiger charge is 2.20. The number of aliphatic hydroxyl groups excluding tert-OH is 1. The lowest BCUT2D eigenvalue weighted by molar-refractivity contribution is 0.0697. The number of pyridine rings is 1. The second-order valence-electron chi connectivity index (χ2n) is 4.49. The number of nitrogens with zero attached hydrogens (tertiary/aromatic N) is 4. The molecule has 2 rings (SSSR count). The molecule has 0 amide bonds. The van der Waals surface area contributed by atoms with Gasteiger partial charge in [-0.2, -0.15) is 5.10 Å². The Balaban J connectivity index is 2.61. The molecule has 2 aromatic heterocycles. The number of carbonyl (C=O) groups is 1. The summed E-state index contributed by atoms with van der Waals surface area (Å²) in [6, 6.07) is 0. The van der Waals surface area contributed by atoms with E-state index in [1.807, 2.05) is 11.8 Å². The fourth-order valence-electron chi connectivity index (χ4n) is 2.27. The summed E-state index contributed by atoms with van der Waals surface area (Å²) in [6.07, 6.45) is 3.58. The number of rotatable bonds is 6. The van der Waals surface area contributed by atoms with Crippen LogP contribution in [0.5, 0.6) is 0 Å². The number of aryl methyl sites for hydroxylation is 1. The van der Waals surface area contributed by atoms with Gasteiger partial charge in [0.1, 0.15) is 5.56 Å². The lowest BCUT2D eigenvalue weighted by Crippen LogP contribution is -2.27. The summed E-state index contributed by atoms with van der Waals surface area (Å²) in [7, 11) is 1.77. The molecule has 0 fully saturated rings. The summed E-state index contributed by atoms with van der Waals surface area (Å²) >= 11 is 0. The summed E-state index contributed by atoms with van der Waals surface area (Å²) in [5, 5.41) is 23.2. The maximum Gasteiger partial charge on any atom is 0.339 e. The van der Waals surface area contributed by atoms with E-state index in [-0.39, 0.29) is 12.2 Å². The van der Waals surface area contributed by atoms with Gasteiger partial charge in [0, 0.05) is 32.9 Å². The van der Waals surface area contributed by atoms with Crippen LogP contribution >= 0.6 is 0 Å². The molecule has 7 nitrogen and oxygen atoms in total. The normalized spacial score (nSPS) is 10.9. The zero-order valence-electron chi connectivity index (χ0n) is 11.6. The Labute approximate surface area is 116 Å². The van der Waals surface area contributed by atoms with Crippen molar-refractivity contribution in [1.82, 2.24) is 14.8 Å². The number of anilines is 1. The molecular formula is C13H18N4O3. The summed E-state index contributed by atoms with van der Waals surface area (Å²) in [4.78, 5) is 17.5. The summed E-state index contributed by atoms with van der Waals surface area (Å²) in [5.74, 6) is -1.01. The van der Waals surface area contributed by atoms with Gasteiger partial charge in [0.15, 0.2) is 5.65 Å². The predicted octanol–water partition coefficient (Wildman–Crippen LogP) is 0.875. The van der Waals surface area contributed by atoms with E-state index in [4.69, 9.17) is 5.11 Å². The van der Waals surface area contributed by atoms with E-state index >= 15 is 0 Å². The number of aromatic nitrogens is 3. The minimum atomic E-state index is -1.01. The molecule has 0 saturated heterocycles. The van der Waals surface area contributed by atoms with E-state index in [9.17, 15) is 9.90 Å². The summed E-state index contributed by atoms with van der Waals surface area (Å²) < 4.78 is 1.62. The molecule has 0 bridgehead atoms. The molecule has 0 aliphatic heterocycles. The van der Waals surface area contributed by atoms with Crippen LogP contribution in [0.4, 0.5) is 5.69 Å². The van der Waals surface area contributed by atoms with E-state index in [2.05, 4.69) is 10.1 Å². The molecule has 0 aliphatic carbocycles. The third kappa shape index (κ3) is 2.44. The third-order valence-corrected chi connectivity index (χ3v) is 3.25. The Morgan fingerprint density at radius 1 is 1.45 bits per heavy atom. The van der Waals surface area contributed by atoms with Crippen molar-refractivity contribution in [3.63, 3.8) is 0 Å². The zero-order valence-corrected chi connectivity index (χ0v) is 11.6. The highest BCUT2D eigenvalue weighted by molar-refractivity contribution is 6.03. The van der Waals surface area contributed by atoms with Crippen molar-refractivity contribution in [2.24, 2.45) is 7.05 Å². The first kappa shape index (κ1) is 14.3. The van der Waals surface area contributed by atoms with Gasteiger partial charge in [-0.05, 0) is 13.3 Å². The van der Waals surface area contributed by atoms with Crippen LogP contribution in [0, 0.1) is 0 Å². The summed E-state index contributed by atoms with van der Waals surface area (Å²) in [6.45, 7) is 3.25. The van der Waals surface area contributed by atoms with Crippen LogP contribution in [-0.4, -0.2) is 50.6 Å². The molecule has 0 radical (unpaired) electrons. The Morgan fingerprint density at radius 3 is 2.80 bits per heavy atom. The molecule has 20 heavy (non-hydrogen) atoms. The fraction of sp³-hybridized carbons (Fsp3) is 0.462. The number of hydrogen-bond acceptors (Lipinski definition) is 5. The van der Waals surface area contributed by atoms with E-state index in [0.29, 0.717) is 36.2 Å². The van der Waals surface area contributed by atoms with Crippen molar-refractivity contribution < 1.29 is 15.0 Å². The van der Waals surface area contributed by atoms with Crippen molar-refractivity contribution in [3.05, 3.63) is 18.0 Å². The number of hydrogen-bond donors (Lipinski definition) is 2. The first-order valence-corrected chi connectivity index (χ1v) is 6.50. The van der Waals surface area contributed by atoms with Gasteiger partial charge in [-0.3, -0.25) is 4.68 Å². The summed E-state index contributed by atoms with van der Waals surface area (Å²) in [5.41, 5.74) is 1.42. The first-order chi connectivity index (χ1) is 9.60. The monoisotopic (exact) mass is 278 g/mol. The lowest BCUT2D eigenvalue weighted by Gasteiger charge is -2.24. The van der Waals surface area contributed by atoms with Gasteiger partial charge in [0.05, 0.1) is 17.3 Å². The molecular weight excluding hydrogens is 260 g/mol. The average molecular weight is 278 g/mol. The molecule has 0 spiro atoms. The van der Waals surface area contributed by atoms with Crippen LogP contribution in [0.3, 0.4) is 0 Å². The van der Waals surface area contributed by atoms with Gasteiger partial charge >= 0.3 is 5.97 Å². The van der Waals surface area contributed by atoms with Gasteiger partial charge in [0.25, 0.3) is 0 Å². The maximum absolute atomic E-state index is 11.4. The molecule has 2 N–H and O–H groups in total. The number of aromatic carboxylic acids is 1. The highest BCUT2D eigenvalue weighted by atomic mass is 16.4. The number of fused-ring (bicyclic) bond motifs is 1. The van der Waals surface area contributed by atoms with Crippen molar-refractivity contribution in [3.8, 4) is 0 Å². The van der Waals surface area contributed by atoms with Crippen LogP contribution in [-0.2, 0) is 7.05 Å². The van der Waals surface area contributed by atoms with Gasteiger partial charge in [0.2, 0.25) is 0 Å². The Bertz CT molecular complexity index is 623.